The van der Waals surface area contributed by atoms with E-state index in [4.69, 9.17) is 38.4 Å². The average molecular weight is 370 g/mol. The van der Waals surface area contributed by atoms with Crippen molar-refractivity contribution in [3.63, 3.8) is 0 Å². The summed E-state index contributed by atoms with van der Waals surface area (Å²) in [7, 11) is 1.76. The Morgan fingerprint density at radius 1 is 1.32 bits per heavy atom. The van der Waals surface area contributed by atoms with Crippen LogP contribution >= 0.6 is 35.6 Å². The fraction of sp³-hybridized carbons (Fsp3) is 0.600. The molecule has 1 aromatic carbocycles. The summed E-state index contributed by atoms with van der Waals surface area (Å²) in [5.74, 6) is 0.553. The quantitative estimate of drug-likeness (QED) is 0.836. The van der Waals surface area contributed by atoms with Crippen LogP contribution in [0.2, 0.25) is 10.0 Å². The minimum absolute atomic E-state index is 0. The lowest BCUT2D eigenvalue weighted by Gasteiger charge is -2.38. The largest absolute Gasteiger partial charge is 0.489 e. The summed E-state index contributed by atoms with van der Waals surface area (Å²) in [6.45, 7) is 2.95. The number of hydrogen-bond donors (Lipinski definition) is 1. The Balaban J connectivity index is 0.00000242. The Bertz CT molecular complexity index is 442. The first-order valence-electron chi connectivity index (χ1n) is 7.19. The number of para-hydroxylation sites is 1. The first-order chi connectivity index (χ1) is 10.2. The molecule has 2 unspecified atom stereocenters. The highest BCUT2D eigenvalue weighted by molar-refractivity contribution is 6.37. The monoisotopic (exact) mass is 368 g/mol. The Kier molecular flexibility index (Phi) is 8.83. The van der Waals surface area contributed by atoms with E-state index in [2.05, 4.69) is 4.90 Å². The molecule has 126 valence electrons. The number of likely N-dealkylation sites (tertiary alicyclic amines) is 1. The second-order valence-electron chi connectivity index (χ2n) is 5.21. The Morgan fingerprint density at radius 2 is 2.00 bits per heavy atom. The fourth-order valence-electron chi connectivity index (χ4n) is 2.70. The third-order valence-electron chi connectivity index (χ3n) is 3.94. The number of rotatable bonds is 6. The molecule has 0 radical (unpaired) electrons. The van der Waals surface area contributed by atoms with Gasteiger partial charge in [0, 0.05) is 32.8 Å². The number of ether oxygens (including phenoxy) is 2. The number of nitrogens with two attached hydrogens (primary N) is 1. The number of methoxy groups -OCH3 is 1. The van der Waals surface area contributed by atoms with E-state index < -0.39 is 0 Å². The van der Waals surface area contributed by atoms with E-state index in [1.54, 1.807) is 25.3 Å². The van der Waals surface area contributed by atoms with E-state index in [1.807, 2.05) is 0 Å². The number of halogens is 3. The highest BCUT2D eigenvalue weighted by Gasteiger charge is 2.27. The van der Waals surface area contributed by atoms with E-state index in [9.17, 15) is 0 Å². The van der Waals surface area contributed by atoms with Crippen molar-refractivity contribution in [2.45, 2.75) is 25.0 Å². The van der Waals surface area contributed by atoms with Gasteiger partial charge in [0.05, 0.1) is 16.1 Å². The summed E-state index contributed by atoms with van der Waals surface area (Å²) in [4.78, 5) is 2.35. The van der Waals surface area contributed by atoms with Gasteiger partial charge in [0.2, 0.25) is 0 Å². The molecule has 2 atom stereocenters. The molecule has 1 aliphatic heterocycles. The van der Waals surface area contributed by atoms with E-state index in [-0.39, 0.29) is 12.4 Å². The van der Waals surface area contributed by atoms with Crippen LogP contribution in [0.15, 0.2) is 18.2 Å². The standard InChI is InChI=1S/C15H22Cl2N2O2.ClH/c1-20-12-5-6-19(11(9-12)10-18)7-8-21-15-13(16)3-2-4-14(15)17;/h2-4,11-12H,5-10,18H2,1H3;1H. The molecule has 0 aliphatic carbocycles. The molecule has 0 aromatic heterocycles. The summed E-state index contributed by atoms with van der Waals surface area (Å²) in [5, 5.41) is 1.08. The van der Waals surface area contributed by atoms with Gasteiger partial charge in [0.25, 0.3) is 0 Å². The highest BCUT2D eigenvalue weighted by atomic mass is 35.5. The zero-order chi connectivity index (χ0) is 15.2. The summed E-state index contributed by atoms with van der Waals surface area (Å²) in [5.41, 5.74) is 5.86. The molecule has 1 aromatic rings. The minimum Gasteiger partial charge on any atom is -0.489 e. The lowest BCUT2D eigenvalue weighted by atomic mass is 9.99. The average Bonchev–Trinajstić information content (AvgIpc) is 2.50. The second-order valence-corrected chi connectivity index (χ2v) is 6.02. The highest BCUT2D eigenvalue weighted by Crippen LogP contribution is 2.32. The maximum absolute atomic E-state index is 6.09. The second kappa shape index (κ2) is 9.81. The van der Waals surface area contributed by atoms with Crippen molar-refractivity contribution in [3.8, 4) is 5.75 Å². The third kappa shape index (κ3) is 5.15. The van der Waals surface area contributed by atoms with Crippen LogP contribution in [-0.2, 0) is 4.74 Å². The molecule has 1 saturated heterocycles. The van der Waals surface area contributed by atoms with Gasteiger partial charge in [-0.15, -0.1) is 12.4 Å². The summed E-state index contributed by atoms with van der Waals surface area (Å²) >= 11 is 12.2. The maximum atomic E-state index is 6.09. The van der Waals surface area contributed by atoms with Gasteiger partial charge in [-0.25, -0.2) is 0 Å². The Morgan fingerprint density at radius 3 is 2.59 bits per heavy atom. The van der Waals surface area contributed by atoms with Crippen molar-refractivity contribution >= 4 is 35.6 Å². The van der Waals surface area contributed by atoms with Crippen molar-refractivity contribution in [1.82, 2.24) is 4.90 Å². The van der Waals surface area contributed by atoms with Gasteiger partial charge >= 0.3 is 0 Å². The van der Waals surface area contributed by atoms with Crippen molar-refractivity contribution in [2.24, 2.45) is 5.73 Å². The van der Waals surface area contributed by atoms with Gasteiger partial charge < -0.3 is 15.2 Å². The van der Waals surface area contributed by atoms with Crippen molar-refractivity contribution < 1.29 is 9.47 Å². The van der Waals surface area contributed by atoms with E-state index in [0.717, 1.165) is 25.9 Å². The van der Waals surface area contributed by atoms with Gasteiger partial charge in [-0.3, -0.25) is 4.90 Å². The van der Waals surface area contributed by atoms with Crippen molar-refractivity contribution in [3.05, 3.63) is 28.2 Å². The molecule has 0 saturated carbocycles. The van der Waals surface area contributed by atoms with Gasteiger partial charge in [0.1, 0.15) is 6.61 Å². The number of benzene rings is 1. The molecule has 2 N–H and O–H groups in total. The molecular formula is C15H23Cl3N2O2. The van der Waals surface area contributed by atoms with Crippen LogP contribution in [-0.4, -0.2) is 50.4 Å². The lowest BCUT2D eigenvalue weighted by molar-refractivity contribution is 0.00924. The van der Waals surface area contributed by atoms with Crippen LogP contribution < -0.4 is 10.5 Å². The van der Waals surface area contributed by atoms with Crippen LogP contribution in [0, 0.1) is 0 Å². The zero-order valence-corrected chi connectivity index (χ0v) is 15.0. The van der Waals surface area contributed by atoms with Crippen LogP contribution in [0.4, 0.5) is 0 Å². The molecule has 22 heavy (non-hydrogen) atoms. The molecule has 2 rings (SSSR count). The topological polar surface area (TPSA) is 47.7 Å². The summed E-state index contributed by atoms with van der Waals surface area (Å²) in [6.07, 6.45) is 2.31. The minimum atomic E-state index is 0. The predicted octanol–water partition coefficient (Wildman–Crippen LogP) is 3.23. The van der Waals surface area contributed by atoms with Gasteiger partial charge in [0.15, 0.2) is 5.75 Å². The van der Waals surface area contributed by atoms with Crippen molar-refractivity contribution in [2.75, 3.05) is 33.4 Å². The molecule has 0 bridgehead atoms. The molecule has 0 spiro atoms. The van der Waals surface area contributed by atoms with Crippen LogP contribution in [0.3, 0.4) is 0 Å². The van der Waals surface area contributed by atoms with Crippen molar-refractivity contribution in [1.29, 1.82) is 0 Å². The van der Waals surface area contributed by atoms with Crippen LogP contribution in [0.5, 0.6) is 5.75 Å². The summed E-state index contributed by atoms with van der Waals surface area (Å²) in [6, 6.07) is 5.69. The maximum Gasteiger partial charge on any atom is 0.156 e. The zero-order valence-electron chi connectivity index (χ0n) is 12.6. The predicted molar refractivity (Wildman–Crippen MR) is 93.7 cm³/mol. The molecule has 7 heteroatoms. The lowest BCUT2D eigenvalue weighted by Crippen LogP contribution is -2.49. The first-order valence-corrected chi connectivity index (χ1v) is 7.95. The number of nitrogens with zero attached hydrogens (tertiary/aromatic N) is 1. The molecule has 4 nitrogen and oxygen atoms in total. The SMILES string of the molecule is COC1CCN(CCOc2c(Cl)cccc2Cl)C(CN)C1.Cl. The molecule has 1 heterocycles. The molecular weight excluding hydrogens is 347 g/mol. The first kappa shape index (κ1) is 19.8. The normalized spacial score (nSPS) is 22.2. The van der Waals surface area contributed by atoms with E-state index in [1.165, 1.54) is 0 Å². The van der Waals surface area contributed by atoms with Crippen LogP contribution in [0.1, 0.15) is 12.8 Å². The smallest absolute Gasteiger partial charge is 0.156 e. The number of hydrogen-bond acceptors (Lipinski definition) is 4. The molecule has 1 fully saturated rings. The van der Waals surface area contributed by atoms with Gasteiger partial charge in [-0.1, -0.05) is 29.3 Å². The van der Waals surface area contributed by atoms with Crippen LogP contribution in [0.25, 0.3) is 0 Å². The molecule has 1 aliphatic rings. The number of piperidine rings is 1. The summed E-state index contributed by atoms with van der Waals surface area (Å²) < 4.78 is 11.2. The fourth-order valence-corrected chi connectivity index (χ4v) is 3.21. The Labute approximate surface area is 148 Å². The van der Waals surface area contributed by atoms with Gasteiger partial charge in [-0.2, -0.15) is 0 Å². The van der Waals surface area contributed by atoms with E-state index in [0.29, 0.717) is 41.1 Å². The van der Waals surface area contributed by atoms with Gasteiger partial charge in [-0.05, 0) is 25.0 Å². The molecule has 0 amide bonds. The Hall–Kier alpha value is -0.230. The third-order valence-corrected chi connectivity index (χ3v) is 4.53. The van der Waals surface area contributed by atoms with E-state index >= 15 is 0 Å².